The average molecular weight is 340 g/mol. The SMILES string of the molecule is Cc1noc([C@]23CCC[C@H]2CN(C(=O)c2cccc(F)c2C#N)C3)n1. The van der Waals surface area contributed by atoms with Gasteiger partial charge in [0.1, 0.15) is 17.4 Å². The van der Waals surface area contributed by atoms with Gasteiger partial charge in [-0.25, -0.2) is 4.39 Å². The standard InChI is InChI=1S/C18H17FN4O2/c1-11-21-17(25-22-11)18-7-3-4-12(18)9-23(10-18)16(24)13-5-2-6-15(19)14(13)8-20/h2,5-6,12H,3-4,7,9-10H2,1H3/t12-,18-/m0/s1. The monoisotopic (exact) mass is 340 g/mol. The Morgan fingerprint density at radius 1 is 1.52 bits per heavy atom. The number of carbonyl (C=O) groups excluding carboxylic acids is 1. The third-order valence-corrected chi connectivity index (χ3v) is 5.47. The fourth-order valence-electron chi connectivity index (χ4n) is 4.28. The predicted octanol–water partition coefficient (Wildman–Crippen LogP) is 2.58. The molecule has 1 saturated carbocycles. The van der Waals surface area contributed by atoms with Gasteiger partial charge >= 0.3 is 0 Å². The van der Waals surface area contributed by atoms with Crippen molar-refractivity contribution < 1.29 is 13.7 Å². The van der Waals surface area contributed by atoms with Crippen molar-refractivity contribution in [2.75, 3.05) is 13.1 Å². The largest absolute Gasteiger partial charge is 0.339 e. The number of nitriles is 1. The molecule has 1 aliphatic carbocycles. The summed E-state index contributed by atoms with van der Waals surface area (Å²) in [4.78, 5) is 19.0. The molecule has 25 heavy (non-hydrogen) atoms. The van der Waals surface area contributed by atoms with Crippen LogP contribution in [0.1, 0.15) is 46.9 Å². The summed E-state index contributed by atoms with van der Waals surface area (Å²) in [6.45, 7) is 2.79. The van der Waals surface area contributed by atoms with Crippen LogP contribution in [0.25, 0.3) is 0 Å². The predicted molar refractivity (Wildman–Crippen MR) is 85.1 cm³/mol. The zero-order valence-electron chi connectivity index (χ0n) is 13.8. The normalized spacial score (nSPS) is 25.0. The number of nitrogens with zero attached hydrogens (tertiary/aromatic N) is 4. The lowest BCUT2D eigenvalue weighted by molar-refractivity contribution is 0.0774. The van der Waals surface area contributed by atoms with E-state index in [2.05, 4.69) is 10.1 Å². The molecule has 1 aliphatic heterocycles. The molecule has 6 nitrogen and oxygen atoms in total. The molecule has 4 rings (SSSR count). The van der Waals surface area contributed by atoms with Crippen LogP contribution in [0, 0.1) is 30.0 Å². The van der Waals surface area contributed by atoms with E-state index >= 15 is 0 Å². The fraction of sp³-hybridized carbons (Fsp3) is 0.444. The molecule has 1 saturated heterocycles. The molecular weight excluding hydrogens is 323 g/mol. The van der Waals surface area contributed by atoms with Crippen molar-refractivity contribution >= 4 is 5.91 Å². The summed E-state index contributed by atoms with van der Waals surface area (Å²) in [5.41, 5.74) is -0.414. The van der Waals surface area contributed by atoms with Crippen LogP contribution < -0.4 is 0 Å². The first-order chi connectivity index (χ1) is 12.0. The Labute approximate surface area is 144 Å². The van der Waals surface area contributed by atoms with Crippen molar-refractivity contribution in [2.24, 2.45) is 5.92 Å². The van der Waals surface area contributed by atoms with E-state index in [4.69, 9.17) is 4.52 Å². The number of fused-ring (bicyclic) bond motifs is 1. The number of aromatic nitrogens is 2. The van der Waals surface area contributed by atoms with Gasteiger partial charge in [-0.15, -0.1) is 0 Å². The highest BCUT2D eigenvalue weighted by Crippen LogP contribution is 2.50. The average Bonchev–Trinajstić information content (AvgIpc) is 3.27. The van der Waals surface area contributed by atoms with Gasteiger partial charge < -0.3 is 9.42 Å². The van der Waals surface area contributed by atoms with Crippen LogP contribution in [0.4, 0.5) is 4.39 Å². The van der Waals surface area contributed by atoms with Crippen LogP contribution >= 0.6 is 0 Å². The lowest BCUT2D eigenvalue weighted by Gasteiger charge is -2.24. The molecule has 1 aromatic heterocycles. The summed E-state index contributed by atoms with van der Waals surface area (Å²) >= 11 is 0. The Hall–Kier alpha value is -2.75. The van der Waals surface area contributed by atoms with Gasteiger partial charge in [-0.1, -0.05) is 17.6 Å². The van der Waals surface area contributed by atoms with E-state index in [1.165, 1.54) is 18.2 Å². The summed E-state index contributed by atoms with van der Waals surface area (Å²) in [5.74, 6) is 0.422. The minimum Gasteiger partial charge on any atom is -0.339 e. The van der Waals surface area contributed by atoms with Gasteiger partial charge in [-0.05, 0) is 37.8 Å². The number of amides is 1. The first kappa shape index (κ1) is 15.8. The van der Waals surface area contributed by atoms with Crippen molar-refractivity contribution in [3.63, 3.8) is 0 Å². The zero-order valence-corrected chi connectivity index (χ0v) is 13.8. The molecule has 2 fully saturated rings. The van der Waals surface area contributed by atoms with Crippen LogP contribution in [0.3, 0.4) is 0 Å². The zero-order chi connectivity index (χ0) is 17.6. The Morgan fingerprint density at radius 2 is 2.36 bits per heavy atom. The summed E-state index contributed by atoms with van der Waals surface area (Å²) < 4.78 is 19.3. The van der Waals surface area contributed by atoms with Crippen LogP contribution in [-0.2, 0) is 5.41 Å². The third-order valence-electron chi connectivity index (χ3n) is 5.47. The summed E-state index contributed by atoms with van der Waals surface area (Å²) in [6.07, 6.45) is 2.92. The molecule has 7 heteroatoms. The molecule has 0 N–H and O–H groups in total. The number of hydrogen-bond acceptors (Lipinski definition) is 5. The smallest absolute Gasteiger partial charge is 0.255 e. The Balaban J connectivity index is 1.67. The molecule has 1 aromatic carbocycles. The van der Waals surface area contributed by atoms with Crippen molar-refractivity contribution in [1.82, 2.24) is 15.0 Å². The topological polar surface area (TPSA) is 83.0 Å². The molecule has 0 unspecified atom stereocenters. The number of benzene rings is 1. The highest BCUT2D eigenvalue weighted by Gasteiger charge is 2.55. The van der Waals surface area contributed by atoms with Crippen LogP contribution in [-0.4, -0.2) is 34.0 Å². The Morgan fingerprint density at radius 3 is 3.08 bits per heavy atom. The van der Waals surface area contributed by atoms with Crippen molar-refractivity contribution in [2.45, 2.75) is 31.6 Å². The van der Waals surface area contributed by atoms with E-state index in [-0.39, 0.29) is 28.4 Å². The number of halogens is 1. The van der Waals surface area contributed by atoms with Gasteiger partial charge in [0, 0.05) is 13.1 Å². The van der Waals surface area contributed by atoms with E-state index in [1.54, 1.807) is 17.9 Å². The van der Waals surface area contributed by atoms with Crippen LogP contribution in [0.15, 0.2) is 22.7 Å². The lowest BCUT2D eigenvalue weighted by Crippen LogP contribution is -2.35. The first-order valence-corrected chi connectivity index (χ1v) is 8.34. The first-order valence-electron chi connectivity index (χ1n) is 8.34. The molecule has 0 spiro atoms. The van der Waals surface area contributed by atoms with Crippen molar-refractivity contribution in [3.8, 4) is 6.07 Å². The number of rotatable bonds is 2. The van der Waals surface area contributed by atoms with Gasteiger partial charge in [-0.2, -0.15) is 10.2 Å². The van der Waals surface area contributed by atoms with E-state index in [1.807, 2.05) is 0 Å². The van der Waals surface area contributed by atoms with Gasteiger partial charge in [0.05, 0.1) is 11.0 Å². The molecule has 0 bridgehead atoms. The quantitative estimate of drug-likeness (QED) is 0.839. The number of hydrogen-bond donors (Lipinski definition) is 0. The van der Waals surface area contributed by atoms with Gasteiger partial charge in [0.2, 0.25) is 5.89 Å². The van der Waals surface area contributed by atoms with Gasteiger partial charge in [-0.3, -0.25) is 4.79 Å². The second-order valence-corrected chi connectivity index (χ2v) is 6.85. The summed E-state index contributed by atoms with van der Waals surface area (Å²) in [6, 6.07) is 5.95. The van der Waals surface area contributed by atoms with E-state index in [0.29, 0.717) is 24.8 Å². The third kappa shape index (κ3) is 2.32. The fourth-order valence-corrected chi connectivity index (χ4v) is 4.28. The second-order valence-electron chi connectivity index (χ2n) is 6.85. The summed E-state index contributed by atoms with van der Waals surface area (Å²) in [5, 5.41) is 13.1. The molecule has 128 valence electrons. The van der Waals surface area contributed by atoms with Gasteiger partial charge in [0.25, 0.3) is 5.91 Å². The van der Waals surface area contributed by atoms with Gasteiger partial charge in [0.15, 0.2) is 5.82 Å². The summed E-state index contributed by atoms with van der Waals surface area (Å²) in [7, 11) is 0. The molecular formula is C18H17FN4O2. The molecule has 0 radical (unpaired) electrons. The van der Waals surface area contributed by atoms with E-state index < -0.39 is 5.82 Å². The molecule has 2 atom stereocenters. The lowest BCUT2D eigenvalue weighted by atomic mass is 9.80. The van der Waals surface area contributed by atoms with Crippen LogP contribution in [0.2, 0.25) is 0 Å². The minimum absolute atomic E-state index is 0.110. The number of carbonyl (C=O) groups is 1. The molecule has 2 aromatic rings. The van der Waals surface area contributed by atoms with Crippen molar-refractivity contribution in [1.29, 1.82) is 5.26 Å². The molecule has 2 aliphatic rings. The van der Waals surface area contributed by atoms with Crippen molar-refractivity contribution in [3.05, 3.63) is 46.9 Å². The maximum atomic E-state index is 13.8. The maximum Gasteiger partial charge on any atom is 0.255 e. The van der Waals surface area contributed by atoms with E-state index in [9.17, 15) is 14.4 Å². The number of aryl methyl sites for hydroxylation is 1. The minimum atomic E-state index is -0.671. The van der Waals surface area contributed by atoms with Crippen LogP contribution in [0.5, 0.6) is 0 Å². The number of likely N-dealkylation sites (tertiary alicyclic amines) is 1. The molecule has 2 heterocycles. The second kappa shape index (κ2) is 5.66. The Bertz CT molecular complexity index is 887. The van der Waals surface area contributed by atoms with E-state index in [0.717, 1.165) is 19.3 Å². The Kier molecular flexibility index (Phi) is 3.57. The highest BCUT2D eigenvalue weighted by molar-refractivity contribution is 5.97. The maximum absolute atomic E-state index is 13.8. The molecule has 1 amide bonds. The highest BCUT2D eigenvalue weighted by atomic mass is 19.1.